The minimum atomic E-state index is 0.569. The minimum absolute atomic E-state index is 0.569. The second-order valence-electron chi connectivity index (χ2n) is 5.49. The van der Waals surface area contributed by atoms with Gasteiger partial charge < -0.3 is 4.98 Å². The molecule has 0 unspecified atom stereocenters. The molecule has 1 heterocycles. The third kappa shape index (κ3) is 2.17. The Morgan fingerprint density at radius 3 is 2.70 bits per heavy atom. The van der Waals surface area contributed by atoms with E-state index in [4.69, 9.17) is 12.2 Å². The lowest BCUT2D eigenvalue weighted by Gasteiger charge is -2.25. The van der Waals surface area contributed by atoms with E-state index in [1.54, 1.807) is 0 Å². The number of fused-ring (bicyclic) bond motifs is 1. The average molecular weight is 280 g/mol. The zero-order chi connectivity index (χ0) is 14.1. The van der Waals surface area contributed by atoms with Gasteiger partial charge in [0.1, 0.15) is 10.7 Å². The maximum Gasteiger partial charge on any atom is 0.121 e. The summed E-state index contributed by atoms with van der Waals surface area (Å²) in [5, 5.41) is 9.39. The maximum atomic E-state index is 9.39. The monoisotopic (exact) mass is 280 g/mol. The number of H-pyrrole nitrogens is 1. The second kappa shape index (κ2) is 5.22. The maximum absolute atomic E-state index is 9.39. The van der Waals surface area contributed by atoms with E-state index >= 15 is 0 Å². The van der Waals surface area contributed by atoms with E-state index in [1.807, 2.05) is 18.2 Å². The largest absolute Gasteiger partial charge is 0.345 e. The Morgan fingerprint density at radius 1 is 1.25 bits per heavy atom. The Hall–Kier alpha value is -1.92. The third-order valence-corrected chi connectivity index (χ3v) is 4.35. The molecular weight excluding hydrogens is 264 g/mol. The molecule has 0 spiro atoms. The smallest absolute Gasteiger partial charge is 0.121 e. The second-order valence-corrected chi connectivity index (χ2v) is 5.90. The van der Waals surface area contributed by atoms with Crippen molar-refractivity contribution in [1.29, 1.82) is 5.26 Å². The molecule has 20 heavy (non-hydrogen) atoms. The van der Waals surface area contributed by atoms with Crippen molar-refractivity contribution in [3.8, 4) is 17.3 Å². The number of nitriles is 1. The molecule has 0 saturated heterocycles. The van der Waals surface area contributed by atoms with Crippen LogP contribution in [0, 0.1) is 21.9 Å². The number of aromatic amines is 1. The van der Waals surface area contributed by atoms with Gasteiger partial charge in [0.05, 0.1) is 5.56 Å². The molecule has 0 fully saturated rings. The molecule has 2 aromatic rings. The van der Waals surface area contributed by atoms with Gasteiger partial charge in [-0.05, 0) is 41.9 Å². The summed E-state index contributed by atoms with van der Waals surface area (Å²) in [7, 11) is 0. The SMILES string of the molecule is C[C@@H]1CCc2c(-c3ccccc3)[nH]c(=S)c(C#N)c2C1. The van der Waals surface area contributed by atoms with Crippen molar-refractivity contribution >= 4 is 12.2 Å². The number of nitrogens with zero attached hydrogens (tertiary/aromatic N) is 1. The fourth-order valence-electron chi connectivity index (χ4n) is 3.00. The first kappa shape index (κ1) is 13.1. The molecular formula is C17H16N2S. The molecule has 1 N–H and O–H groups in total. The molecule has 0 aliphatic heterocycles. The zero-order valence-electron chi connectivity index (χ0n) is 11.4. The number of benzene rings is 1. The number of aromatic nitrogens is 1. The van der Waals surface area contributed by atoms with Crippen molar-refractivity contribution in [2.75, 3.05) is 0 Å². The average Bonchev–Trinajstić information content (AvgIpc) is 2.47. The van der Waals surface area contributed by atoms with E-state index in [2.05, 4.69) is 30.1 Å². The summed E-state index contributed by atoms with van der Waals surface area (Å²) >= 11 is 5.38. The minimum Gasteiger partial charge on any atom is -0.345 e. The quantitative estimate of drug-likeness (QED) is 0.786. The standard InChI is InChI=1S/C17H16N2S/c1-11-7-8-13-14(9-11)15(10-18)17(20)19-16(13)12-5-3-2-4-6-12/h2-6,11H,7-9H2,1H3,(H,19,20)/t11-/m1/s1. The Labute approximate surface area is 124 Å². The summed E-state index contributed by atoms with van der Waals surface area (Å²) in [5.74, 6) is 0.620. The number of pyridine rings is 1. The van der Waals surface area contributed by atoms with Crippen LogP contribution in [-0.4, -0.2) is 4.98 Å². The van der Waals surface area contributed by atoms with Gasteiger partial charge in [-0.1, -0.05) is 49.5 Å². The Bertz CT molecular complexity index is 738. The van der Waals surface area contributed by atoms with Gasteiger partial charge in [0.15, 0.2) is 0 Å². The number of hydrogen-bond donors (Lipinski definition) is 1. The summed E-state index contributed by atoms with van der Waals surface area (Å²) in [6.45, 7) is 2.24. The first-order valence-corrected chi connectivity index (χ1v) is 7.35. The summed E-state index contributed by atoms with van der Waals surface area (Å²) in [6.07, 6.45) is 3.14. The molecule has 1 aromatic carbocycles. The van der Waals surface area contributed by atoms with Crippen LogP contribution < -0.4 is 0 Å². The normalized spacial score (nSPS) is 17.3. The van der Waals surface area contributed by atoms with Gasteiger partial charge >= 0.3 is 0 Å². The van der Waals surface area contributed by atoms with Gasteiger partial charge in [-0.25, -0.2) is 0 Å². The molecule has 2 nitrogen and oxygen atoms in total. The Balaban J connectivity index is 2.28. The van der Waals surface area contributed by atoms with Crippen molar-refractivity contribution < 1.29 is 0 Å². The molecule has 1 aliphatic carbocycles. The molecule has 1 aromatic heterocycles. The highest BCUT2D eigenvalue weighted by molar-refractivity contribution is 7.71. The van der Waals surface area contributed by atoms with Crippen molar-refractivity contribution in [2.45, 2.75) is 26.2 Å². The van der Waals surface area contributed by atoms with Gasteiger partial charge in [0, 0.05) is 5.69 Å². The fraction of sp³-hybridized carbons (Fsp3) is 0.294. The van der Waals surface area contributed by atoms with Crippen molar-refractivity contribution in [1.82, 2.24) is 4.98 Å². The summed E-state index contributed by atoms with van der Waals surface area (Å²) < 4.78 is 0.569. The molecule has 100 valence electrons. The predicted octanol–water partition coefficient (Wildman–Crippen LogP) is 4.41. The lowest BCUT2D eigenvalue weighted by Crippen LogP contribution is -2.15. The van der Waals surface area contributed by atoms with Crippen LogP contribution in [0.5, 0.6) is 0 Å². The highest BCUT2D eigenvalue weighted by Gasteiger charge is 2.23. The van der Waals surface area contributed by atoms with Crippen molar-refractivity contribution in [3.05, 3.63) is 51.7 Å². The summed E-state index contributed by atoms with van der Waals surface area (Å²) in [6, 6.07) is 12.5. The van der Waals surface area contributed by atoms with Crippen LogP contribution >= 0.6 is 12.2 Å². The van der Waals surface area contributed by atoms with Gasteiger partial charge in [-0.15, -0.1) is 0 Å². The highest BCUT2D eigenvalue weighted by atomic mass is 32.1. The van der Waals surface area contributed by atoms with Crippen molar-refractivity contribution in [2.24, 2.45) is 5.92 Å². The molecule has 0 saturated carbocycles. The topological polar surface area (TPSA) is 39.6 Å². The highest BCUT2D eigenvalue weighted by Crippen LogP contribution is 2.34. The van der Waals surface area contributed by atoms with E-state index in [0.717, 1.165) is 29.7 Å². The molecule has 1 aliphatic rings. The van der Waals surface area contributed by atoms with Crippen LogP contribution in [0.4, 0.5) is 0 Å². The van der Waals surface area contributed by atoms with E-state index < -0.39 is 0 Å². The predicted molar refractivity (Wildman–Crippen MR) is 83.0 cm³/mol. The fourth-order valence-corrected chi connectivity index (χ4v) is 3.27. The molecule has 0 bridgehead atoms. The number of rotatable bonds is 1. The summed E-state index contributed by atoms with van der Waals surface area (Å²) in [4.78, 5) is 3.28. The van der Waals surface area contributed by atoms with E-state index in [9.17, 15) is 5.26 Å². The van der Waals surface area contributed by atoms with E-state index in [0.29, 0.717) is 16.1 Å². The molecule has 0 amide bonds. The van der Waals surface area contributed by atoms with Crippen molar-refractivity contribution in [3.63, 3.8) is 0 Å². The van der Waals surface area contributed by atoms with Crippen LogP contribution in [0.2, 0.25) is 0 Å². The summed E-state index contributed by atoms with van der Waals surface area (Å²) in [5.41, 5.74) is 5.35. The van der Waals surface area contributed by atoms with Gasteiger partial charge in [0.2, 0.25) is 0 Å². The van der Waals surface area contributed by atoms with E-state index in [1.165, 1.54) is 12.0 Å². The first-order chi connectivity index (χ1) is 9.70. The first-order valence-electron chi connectivity index (χ1n) is 6.94. The van der Waals surface area contributed by atoms with Gasteiger partial charge in [-0.2, -0.15) is 5.26 Å². The van der Waals surface area contributed by atoms with Gasteiger partial charge in [0.25, 0.3) is 0 Å². The van der Waals surface area contributed by atoms with Crippen LogP contribution in [0.3, 0.4) is 0 Å². The number of nitrogens with one attached hydrogen (secondary N) is 1. The zero-order valence-corrected chi connectivity index (χ0v) is 12.3. The Morgan fingerprint density at radius 2 is 2.00 bits per heavy atom. The van der Waals surface area contributed by atoms with Gasteiger partial charge in [-0.3, -0.25) is 0 Å². The third-order valence-electron chi connectivity index (χ3n) is 4.05. The van der Waals surface area contributed by atoms with Crippen LogP contribution in [0.25, 0.3) is 11.3 Å². The van der Waals surface area contributed by atoms with Crippen LogP contribution in [-0.2, 0) is 12.8 Å². The van der Waals surface area contributed by atoms with E-state index in [-0.39, 0.29) is 0 Å². The van der Waals surface area contributed by atoms with Crippen LogP contribution in [0.1, 0.15) is 30.0 Å². The lowest BCUT2D eigenvalue weighted by molar-refractivity contribution is 0.500. The molecule has 1 atom stereocenters. The van der Waals surface area contributed by atoms with Crippen LogP contribution in [0.15, 0.2) is 30.3 Å². The molecule has 3 heteroatoms. The molecule has 3 rings (SSSR count). The molecule has 0 radical (unpaired) electrons. The Kier molecular flexibility index (Phi) is 3.42. The lowest BCUT2D eigenvalue weighted by atomic mass is 9.81. The number of hydrogen-bond acceptors (Lipinski definition) is 2.